The number of benzene rings is 7. The van der Waals surface area contributed by atoms with E-state index in [1.807, 2.05) is 0 Å². The molecule has 7 aromatic carbocycles. The maximum absolute atomic E-state index is 2.71. The first-order valence-corrected chi connectivity index (χ1v) is 26.5. The quantitative estimate of drug-likeness (QED) is 0.163. The van der Waals surface area contributed by atoms with Gasteiger partial charge in [0.25, 0.3) is 6.71 Å². The van der Waals surface area contributed by atoms with E-state index < -0.39 is 0 Å². The van der Waals surface area contributed by atoms with Crippen LogP contribution in [0.25, 0.3) is 22.3 Å². The molecule has 0 amide bonds. The fourth-order valence-corrected chi connectivity index (χ4v) is 13.8. The Labute approximate surface area is 420 Å². The number of aryl methyl sites for hydroxylation is 2. The number of hydrogen-bond donors (Lipinski definition) is 0. The molecule has 354 valence electrons. The van der Waals surface area contributed by atoms with Crippen LogP contribution in [0.4, 0.5) is 34.1 Å². The summed E-state index contributed by atoms with van der Waals surface area (Å²) in [4.78, 5) is 5.37. The summed E-state index contributed by atoms with van der Waals surface area (Å²) in [5.74, 6) is 0. The second-order valence-corrected chi connectivity index (χ2v) is 26.5. The van der Waals surface area contributed by atoms with Crippen molar-refractivity contribution in [2.75, 3.05) is 9.80 Å². The lowest BCUT2D eigenvalue weighted by Gasteiger charge is -2.48. The van der Waals surface area contributed by atoms with Crippen molar-refractivity contribution in [3.63, 3.8) is 0 Å². The molecule has 0 N–H and O–H groups in total. The van der Waals surface area contributed by atoms with E-state index in [4.69, 9.17) is 0 Å². The van der Waals surface area contributed by atoms with Gasteiger partial charge in [0.2, 0.25) is 0 Å². The SMILES string of the molecule is Cc1ccccc1N1c2cc3c(cc2B2c4cc5c(cc4N(c4ccc(C(C)(C)C)cc4C)c4cc(-c6ccccc6)cc1c42)C(C)(C)CCC5(C)C)C(C)(C)c1cc2c(cc1-3)C(C)(C)CCC2(C)C. The Kier molecular flexibility index (Phi) is 9.49. The van der Waals surface area contributed by atoms with Crippen molar-refractivity contribution in [1.82, 2.24) is 0 Å². The molecule has 0 saturated carbocycles. The first-order valence-electron chi connectivity index (χ1n) is 26.5. The molecule has 70 heavy (non-hydrogen) atoms. The Hall–Kier alpha value is -5.80. The van der Waals surface area contributed by atoms with Crippen LogP contribution in [0.15, 0.2) is 121 Å². The fourth-order valence-electron chi connectivity index (χ4n) is 13.8. The molecule has 0 bridgehead atoms. The second-order valence-electron chi connectivity index (χ2n) is 26.5. The van der Waals surface area contributed by atoms with Crippen molar-refractivity contribution in [3.05, 3.63) is 171 Å². The summed E-state index contributed by atoms with van der Waals surface area (Å²) in [6, 6.07) is 48.6. The van der Waals surface area contributed by atoms with Gasteiger partial charge in [-0.15, -0.1) is 0 Å². The monoisotopic (exact) mass is 917 g/mol. The zero-order chi connectivity index (χ0) is 49.4. The van der Waals surface area contributed by atoms with Crippen LogP contribution in [-0.4, -0.2) is 6.71 Å². The van der Waals surface area contributed by atoms with Crippen LogP contribution in [-0.2, 0) is 32.5 Å². The molecular formula is C67H73BN2. The topological polar surface area (TPSA) is 6.48 Å². The number of para-hydroxylation sites is 1. The summed E-state index contributed by atoms with van der Waals surface area (Å²) in [5, 5.41) is 0. The lowest BCUT2D eigenvalue weighted by molar-refractivity contribution is 0.331. The molecule has 3 aliphatic carbocycles. The highest BCUT2D eigenvalue weighted by atomic mass is 15.2. The third-order valence-corrected chi connectivity index (χ3v) is 18.6. The number of fused-ring (bicyclic) bond motifs is 9. The van der Waals surface area contributed by atoms with Gasteiger partial charge >= 0.3 is 0 Å². The molecule has 0 fully saturated rings. The van der Waals surface area contributed by atoms with Gasteiger partial charge in [-0.1, -0.05) is 169 Å². The predicted molar refractivity (Wildman–Crippen MR) is 302 cm³/mol. The van der Waals surface area contributed by atoms with Crippen molar-refractivity contribution in [1.29, 1.82) is 0 Å². The van der Waals surface area contributed by atoms with Crippen molar-refractivity contribution in [3.8, 4) is 22.3 Å². The molecule has 5 aliphatic rings. The molecule has 0 aromatic heterocycles. The van der Waals surface area contributed by atoms with E-state index in [2.05, 4.69) is 235 Å². The Morgan fingerprint density at radius 2 is 0.871 bits per heavy atom. The first kappa shape index (κ1) is 45.4. The highest BCUT2D eigenvalue weighted by molar-refractivity contribution is 7.00. The summed E-state index contributed by atoms with van der Waals surface area (Å²) in [7, 11) is 0. The highest BCUT2D eigenvalue weighted by Crippen LogP contribution is 2.57. The maximum atomic E-state index is 2.71. The van der Waals surface area contributed by atoms with Crippen LogP contribution >= 0.6 is 0 Å². The van der Waals surface area contributed by atoms with Gasteiger partial charge in [0.1, 0.15) is 0 Å². The Morgan fingerprint density at radius 3 is 1.44 bits per heavy atom. The molecule has 7 aromatic rings. The number of nitrogens with zero attached hydrogens (tertiary/aromatic N) is 2. The molecule has 2 heterocycles. The summed E-state index contributed by atoms with van der Waals surface area (Å²) < 4.78 is 0. The van der Waals surface area contributed by atoms with E-state index in [0.29, 0.717) is 0 Å². The third-order valence-electron chi connectivity index (χ3n) is 18.6. The van der Waals surface area contributed by atoms with Crippen molar-refractivity contribution >= 4 is 57.2 Å². The van der Waals surface area contributed by atoms with Crippen molar-refractivity contribution < 1.29 is 0 Å². The van der Waals surface area contributed by atoms with Gasteiger partial charge in [-0.2, -0.15) is 0 Å². The highest BCUT2D eigenvalue weighted by Gasteiger charge is 2.49. The van der Waals surface area contributed by atoms with Crippen LogP contribution in [0.3, 0.4) is 0 Å². The summed E-state index contributed by atoms with van der Waals surface area (Å²) in [5.41, 5.74) is 30.3. The van der Waals surface area contributed by atoms with E-state index >= 15 is 0 Å². The van der Waals surface area contributed by atoms with Gasteiger partial charge in [-0.3, -0.25) is 0 Å². The van der Waals surface area contributed by atoms with Gasteiger partial charge in [-0.25, -0.2) is 0 Å². The maximum Gasteiger partial charge on any atom is 0.252 e. The van der Waals surface area contributed by atoms with Crippen LogP contribution in [0.2, 0.25) is 0 Å². The van der Waals surface area contributed by atoms with E-state index in [-0.39, 0.29) is 39.2 Å². The van der Waals surface area contributed by atoms with E-state index in [0.717, 1.165) is 0 Å². The normalized spacial score (nSPS) is 19.0. The second kappa shape index (κ2) is 14.7. The number of rotatable bonds is 3. The minimum Gasteiger partial charge on any atom is -0.311 e. The molecule has 12 rings (SSSR count). The van der Waals surface area contributed by atoms with Gasteiger partial charge in [0.15, 0.2) is 0 Å². The minimum absolute atomic E-state index is 0.00696. The standard InChI is InChI=1S/C67H73BN2/c1-40-21-19-20-24-55(40)69-57-35-46-45-34-49-50(64(8,9)28-27-63(49,6)7)36-47(45)67(14,15)48(46)37-53(57)68-54-38-51-52(66(12,13)30-29-65(51,10)11)39-58(54)70(56-26-25-44(31-41(56)2)62(3,4)5)60-33-43(32-59(69)61(60)68)42-22-17-16-18-23-42/h16-26,31-39H,27-30H2,1-15H3. The lowest BCUT2D eigenvalue weighted by atomic mass is 9.32. The molecule has 0 atom stereocenters. The van der Waals surface area contributed by atoms with E-state index in [9.17, 15) is 0 Å². The molecule has 3 heteroatoms. The minimum atomic E-state index is -0.183. The summed E-state index contributed by atoms with van der Waals surface area (Å²) >= 11 is 0. The van der Waals surface area contributed by atoms with Gasteiger partial charge in [-0.05, 0) is 198 Å². The fraction of sp³-hybridized carbons (Fsp3) is 0.373. The lowest BCUT2D eigenvalue weighted by Crippen LogP contribution is -2.62. The van der Waals surface area contributed by atoms with Gasteiger partial charge < -0.3 is 9.80 Å². The first-order chi connectivity index (χ1) is 32.9. The van der Waals surface area contributed by atoms with E-state index in [1.54, 1.807) is 5.56 Å². The zero-order valence-corrected chi connectivity index (χ0v) is 44.8. The zero-order valence-electron chi connectivity index (χ0n) is 44.8. The molecular weight excluding hydrogens is 844 g/mol. The van der Waals surface area contributed by atoms with E-state index in [1.165, 1.54) is 143 Å². The average Bonchev–Trinajstić information content (AvgIpc) is 3.52. The number of hydrogen-bond acceptors (Lipinski definition) is 2. The predicted octanol–water partition coefficient (Wildman–Crippen LogP) is 16.4. The smallest absolute Gasteiger partial charge is 0.252 e. The number of anilines is 6. The Morgan fingerprint density at radius 1 is 0.400 bits per heavy atom. The third kappa shape index (κ3) is 6.44. The van der Waals surface area contributed by atoms with Crippen LogP contribution < -0.4 is 26.2 Å². The molecule has 0 radical (unpaired) electrons. The van der Waals surface area contributed by atoms with Crippen molar-refractivity contribution in [2.24, 2.45) is 0 Å². The van der Waals surface area contributed by atoms with Gasteiger partial charge in [0.05, 0.1) is 0 Å². The molecule has 2 nitrogen and oxygen atoms in total. The van der Waals surface area contributed by atoms with Crippen LogP contribution in [0.5, 0.6) is 0 Å². The molecule has 0 unspecified atom stereocenters. The Bertz CT molecular complexity index is 3370. The average molecular weight is 917 g/mol. The molecule has 0 spiro atoms. The summed E-state index contributed by atoms with van der Waals surface area (Å²) in [6.07, 6.45) is 4.75. The van der Waals surface area contributed by atoms with Crippen LogP contribution in [0, 0.1) is 13.8 Å². The van der Waals surface area contributed by atoms with Gasteiger partial charge in [0, 0.05) is 39.5 Å². The van der Waals surface area contributed by atoms with Crippen LogP contribution in [0.1, 0.15) is 166 Å². The largest absolute Gasteiger partial charge is 0.311 e. The molecule has 2 aliphatic heterocycles. The molecule has 0 saturated heterocycles. The Balaban J connectivity index is 1.23. The summed E-state index contributed by atoms with van der Waals surface area (Å²) in [6.45, 7) is 36.6. The van der Waals surface area contributed by atoms with Crippen molar-refractivity contribution in [2.45, 2.75) is 162 Å².